The molecule has 0 saturated carbocycles. The summed E-state index contributed by atoms with van der Waals surface area (Å²) in [7, 11) is 0. The summed E-state index contributed by atoms with van der Waals surface area (Å²) in [5, 5.41) is 8.98. The van der Waals surface area contributed by atoms with Crippen molar-refractivity contribution in [2.24, 2.45) is 11.7 Å². The number of nitrogens with two attached hydrogens (primary N) is 1. The van der Waals surface area contributed by atoms with E-state index < -0.39 is 5.97 Å². The average molecular weight is 227 g/mol. The molecule has 84 valence electrons. The van der Waals surface area contributed by atoms with Crippen LogP contribution in [0, 0.1) is 5.92 Å². The lowest BCUT2D eigenvalue weighted by Crippen LogP contribution is -2.19. The van der Waals surface area contributed by atoms with E-state index in [0.717, 1.165) is 11.3 Å². The number of thiophene rings is 1. The third kappa shape index (κ3) is 3.64. The van der Waals surface area contributed by atoms with E-state index >= 15 is 0 Å². The number of aryl methyl sites for hydroxylation is 1. The normalized spacial score (nSPS) is 12.7. The second-order valence-electron chi connectivity index (χ2n) is 3.54. The number of carboxylic acids is 1. The van der Waals surface area contributed by atoms with Crippen molar-refractivity contribution in [3.8, 4) is 0 Å². The van der Waals surface area contributed by atoms with Crippen molar-refractivity contribution in [3.63, 3.8) is 0 Å². The lowest BCUT2D eigenvalue weighted by molar-refractivity contribution is -0.141. The van der Waals surface area contributed by atoms with Gasteiger partial charge in [-0.3, -0.25) is 4.79 Å². The highest BCUT2D eigenvalue weighted by Gasteiger charge is 2.17. The Balaban J connectivity index is 2.61. The molecule has 0 radical (unpaired) electrons. The van der Waals surface area contributed by atoms with Gasteiger partial charge in [-0.1, -0.05) is 6.92 Å². The predicted octanol–water partition coefficient (Wildman–Crippen LogP) is 1.90. The van der Waals surface area contributed by atoms with E-state index in [-0.39, 0.29) is 5.92 Å². The summed E-state index contributed by atoms with van der Waals surface area (Å²) in [5.74, 6) is -1.08. The molecule has 0 aromatic carbocycles. The zero-order valence-electron chi connectivity index (χ0n) is 8.90. The van der Waals surface area contributed by atoms with E-state index in [9.17, 15) is 4.79 Å². The van der Waals surface area contributed by atoms with E-state index in [1.807, 2.05) is 6.07 Å². The Morgan fingerprint density at radius 2 is 2.20 bits per heavy atom. The fraction of sp³-hybridized carbons (Fsp3) is 0.545. The van der Waals surface area contributed by atoms with Crippen molar-refractivity contribution in [2.75, 3.05) is 6.54 Å². The summed E-state index contributed by atoms with van der Waals surface area (Å²) in [6.07, 6.45) is 2.17. The smallest absolute Gasteiger partial charge is 0.306 e. The van der Waals surface area contributed by atoms with Crippen molar-refractivity contribution in [2.45, 2.75) is 26.2 Å². The lowest BCUT2D eigenvalue weighted by Gasteiger charge is -2.08. The molecule has 1 unspecified atom stereocenters. The van der Waals surface area contributed by atoms with Gasteiger partial charge >= 0.3 is 5.97 Å². The number of hydrogen-bond donors (Lipinski definition) is 2. The monoisotopic (exact) mass is 227 g/mol. The number of hydrogen-bond acceptors (Lipinski definition) is 3. The number of rotatable bonds is 6. The summed E-state index contributed by atoms with van der Waals surface area (Å²) >= 11 is 1.70. The number of carboxylic acid groups (broad SMARTS) is 1. The second-order valence-corrected chi connectivity index (χ2v) is 4.79. The van der Waals surface area contributed by atoms with E-state index in [0.29, 0.717) is 19.4 Å². The Hall–Kier alpha value is -0.870. The highest BCUT2D eigenvalue weighted by molar-refractivity contribution is 7.11. The molecule has 0 aliphatic heterocycles. The first kappa shape index (κ1) is 12.2. The van der Waals surface area contributed by atoms with Gasteiger partial charge in [0.25, 0.3) is 0 Å². The van der Waals surface area contributed by atoms with Gasteiger partial charge in [0.15, 0.2) is 0 Å². The maximum atomic E-state index is 10.9. The molecule has 1 aromatic heterocycles. The van der Waals surface area contributed by atoms with Crippen molar-refractivity contribution in [1.82, 2.24) is 0 Å². The first-order chi connectivity index (χ1) is 7.17. The van der Waals surface area contributed by atoms with Gasteiger partial charge in [0.1, 0.15) is 0 Å². The molecule has 4 heteroatoms. The van der Waals surface area contributed by atoms with Gasteiger partial charge in [0.2, 0.25) is 0 Å². The highest BCUT2D eigenvalue weighted by atomic mass is 32.1. The number of carbonyl (C=O) groups is 1. The Bertz CT molecular complexity index is 322. The van der Waals surface area contributed by atoms with E-state index in [4.69, 9.17) is 10.8 Å². The molecule has 0 fully saturated rings. The molecule has 0 amide bonds. The second kappa shape index (κ2) is 5.88. The first-order valence-electron chi connectivity index (χ1n) is 5.17. The van der Waals surface area contributed by atoms with E-state index in [1.165, 1.54) is 4.88 Å². The van der Waals surface area contributed by atoms with E-state index in [2.05, 4.69) is 13.0 Å². The van der Waals surface area contributed by atoms with Crippen molar-refractivity contribution in [1.29, 1.82) is 0 Å². The van der Waals surface area contributed by atoms with Crippen LogP contribution in [0.4, 0.5) is 0 Å². The van der Waals surface area contributed by atoms with Crippen LogP contribution in [0.25, 0.3) is 0 Å². The summed E-state index contributed by atoms with van der Waals surface area (Å²) in [6, 6.07) is 4.09. The van der Waals surface area contributed by atoms with Crippen LogP contribution in [0.1, 0.15) is 23.1 Å². The predicted molar refractivity (Wildman–Crippen MR) is 62.2 cm³/mol. The molecule has 0 saturated heterocycles. The van der Waals surface area contributed by atoms with Gasteiger partial charge in [-0.25, -0.2) is 0 Å². The third-order valence-corrected chi connectivity index (χ3v) is 3.63. The Morgan fingerprint density at radius 3 is 2.67 bits per heavy atom. The minimum Gasteiger partial charge on any atom is -0.481 e. The van der Waals surface area contributed by atoms with Gasteiger partial charge in [0.05, 0.1) is 5.92 Å². The molecule has 0 bridgehead atoms. The largest absolute Gasteiger partial charge is 0.481 e. The molecule has 3 nitrogen and oxygen atoms in total. The fourth-order valence-corrected chi connectivity index (χ4v) is 2.52. The minimum absolute atomic E-state index is 0.335. The van der Waals surface area contributed by atoms with Crippen LogP contribution in [0.5, 0.6) is 0 Å². The molecule has 1 heterocycles. The maximum absolute atomic E-state index is 10.9. The lowest BCUT2D eigenvalue weighted by atomic mass is 10.0. The zero-order chi connectivity index (χ0) is 11.3. The molecule has 0 aliphatic carbocycles. The van der Waals surface area contributed by atoms with Crippen LogP contribution < -0.4 is 5.73 Å². The molecule has 1 aromatic rings. The molecule has 1 atom stereocenters. The molecular formula is C11H17NO2S. The Morgan fingerprint density at radius 1 is 1.53 bits per heavy atom. The van der Waals surface area contributed by atoms with Crippen molar-refractivity contribution < 1.29 is 9.90 Å². The van der Waals surface area contributed by atoms with Crippen LogP contribution >= 0.6 is 11.3 Å². The first-order valence-corrected chi connectivity index (χ1v) is 5.99. The van der Waals surface area contributed by atoms with Gasteiger partial charge in [-0.2, -0.15) is 0 Å². The van der Waals surface area contributed by atoms with Crippen LogP contribution in [-0.4, -0.2) is 17.6 Å². The molecule has 1 rings (SSSR count). The van der Waals surface area contributed by atoms with Gasteiger partial charge in [-0.05, 0) is 37.9 Å². The maximum Gasteiger partial charge on any atom is 0.306 e. The fourth-order valence-electron chi connectivity index (χ4n) is 1.48. The average Bonchev–Trinajstić information content (AvgIpc) is 2.65. The van der Waals surface area contributed by atoms with Gasteiger partial charge < -0.3 is 10.8 Å². The molecule has 0 aliphatic rings. The summed E-state index contributed by atoms with van der Waals surface area (Å²) < 4.78 is 0. The summed E-state index contributed by atoms with van der Waals surface area (Å²) in [4.78, 5) is 13.4. The highest BCUT2D eigenvalue weighted by Crippen LogP contribution is 2.21. The van der Waals surface area contributed by atoms with Crippen LogP contribution in [0.15, 0.2) is 12.1 Å². The SMILES string of the molecule is CCc1ccc(CC(CCN)C(=O)O)s1. The van der Waals surface area contributed by atoms with Crippen LogP contribution in [0.2, 0.25) is 0 Å². The zero-order valence-corrected chi connectivity index (χ0v) is 9.72. The standard InChI is InChI=1S/C11H17NO2S/c1-2-9-3-4-10(15-9)7-8(5-6-12)11(13)14/h3-4,8H,2,5-7,12H2,1H3,(H,13,14). The van der Waals surface area contributed by atoms with Gasteiger partial charge in [-0.15, -0.1) is 11.3 Å². The van der Waals surface area contributed by atoms with E-state index in [1.54, 1.807) is 11.3 Å². The topological polar surface area (TPSA) is 63.3 Å². The van der Waals surface area contributed by atoms with Crippen molar-refractivity contribution >= 4 is 17.3 Å². The third-order valence-electron chi connectivity index (χ3n) is 2.38. The Kier molecular flexibility index (Phi) is 4.78. The quantitative estimate of drug-likeness (QED) is 0.780. The molecule has 15 heavy (non-hydrogen) atoms. The van der Waals surface area contributed by atoms with Gasteiger partial charge in [0, 0.05) is 9.75 Å². The van der Waals surface area contributed by atoms with Crippen LogP contribution in [-0.2, 0) is 17.6 Å². The molecule has 3 N–H and O–H groups in total. The molecular weight excluding hydrogens is 210 g/mol. The van der Waals surface area contributed by atoms with Crippen molar-refractivity contribution in [3.05, 3.63) is 21.9 Å². The van der Waals surface area contributed by atoms with Crippen LogP contribution in [0.3, 0.4) is 0 Å². The molecule has 0 spiro atoms. The number of aliphatic carboxylic acids is 1. The summed E-state index contributed by atoms with van der Waals surface area (Å²) in [6.45, 7) is 2.53. The summed E-state index contributed by atoms with van der Waals surface area (Å²) in [5.41, 5.74) is 5.39. The Labute approximate surface area is 93.9 Å². The minimum atomic E-state index is -0.744.